The summed E-state index contributed by atoms with van der Waals surface area (Å²) >= 11 is 0. The van der Waals surface area contributed by atoms with Crippen LogP contribution in [0.25, 0.3) is 0 Å². The second-order valence-corrected chi connectivity index (χ2v) is 8.48. The molecular formula is C23H30N6O3. The third kappa shape index (κ3) is 5.09. The number of hydrogen-bond acceptors (Lipinski definition) is 4. The lowest BCUT2D eigenvalue weighted by atomic mass is 9.97. The molecule has 2 aliphatic rings. The number of amides is 4. The van der Waals surface area contributed by atoms with E-state index in [1.165, 1.54) is 0 Å². The first-order valence-corrected chi connectivity index (χ1v) is 11.3. The number of hydrogen-bond donors (Lipinski definition) is 2. The molecule has 9 nitrogen and oxygen atoms in total. The van der Waals surface area contributed by atoms with E-state index in [4.69, 9.17) is 0 Å². The van der Waals surface area contributed by atoms with Crippen molar-refractivity contribution in [3.8, 4) is 0 Å². The Morgan fingerprint density at radius 2 is 1.72 bits per heavy atom. The minimum atomic E-state index is -0.454. The number of piperidine rings is 1. The fourth-order valence-electron chi connectivity index (χ4n) is 4.27. The van der Waals surface area contributed by atoms with Gasteiger partial charge in [0.25, 0.3) is 0 Å². The highest BCUT2D eigenvalue weighted by Crippen LogP contribution is 2.23. The Morgan fingerprint density at radius 3 is 2.44 bits per heavy atom. The molecule has 4 amide bonds. The lowest BCUT2D eigenvalue weighted by Crippen LogP contribution is -2.48. The van der Waals surface area contributed by atoms with Gasteiger partial charge in [0.2, 0.25) is 11.8 Å². The van der Waals surface area contributed by atoms with Crippen LogP contribution in [0.15, 0.2) is 42.7 Å². The van der Waals surface area contributed by atoms with Gasteiger partial charge in [-0.2, -0.15) is 5.10 Å². The fourth-order valence-corrected chi connectivity index (χ4v) is 4.27. The van der Waals surface area contributed by atoms with Crippen LogP contribution in [-0.2, 0) is 9.59 Å². The minimum Gasteiger partial charge on any atom is -0.326 e. The lowest BCUT2D eigenvalue weighted by Gasteiger charge is -2.34. The zero-order valence-corrected chi connectivity index (χ0v) is 18.4. The SMILES string of the molecule is CC(C(=O)Nc1cccc(NC(=O)C2CCCN(C(=O)N3CCCC3)C2)c1)n1cccn1. The Bertz CT molecular complexity index is 954. The molecule has 2 aromatic rings. The summed E-state index contributed by atoms with van der Waals surface area (Å²) in [6.45, 7) is 4.54. The maximum absolute atomic E-state index is 12.9. The Labute approximate surface area is 187 Å². The van der Waals surface area contributed by atoms with E-state index in [1.54, 1.807) is 54.3 Å². The minimum absolute atomic E-state index is 0.0519. The van der Waals surface area contributed by atoms with Crippen molar-refractivity contribution in [2.45, 2.75) is 38.6 Å². The van der Waals surface area contributed by atoms with Crippen LogP contribution in [-0.4, -0.2) is 63.6 Å². The molecule has 4 rings (SSSR count). The second kappa shape index (κ2) is 9.84. The van der Waals surface area contributed by atoms with Gasteiger partial charge in [-0.1, -0.05) is 6.07 Å². The predicted molar refractivity (Wildman–Crippen MR) is 121 cm³/mol. The van der Waals surface area contributed by atoms with Gasteiger partial charge in [-0.25, -0.2) is 4.79 Å². The van der Waals surface area contributed by atoms with Gasteiger partial charge in [-0.05, 0) is 56.9 Å². The van der Waals surface area contributed by atoms with Crippen molar-refractivity contribution in [1.29, 1.82) is 0 Å². The zero-order valence-electron chi connectivity index (χ0n) is 18.4. The molecular weight excluding hydrogens is 408 g/mol. The van der Waals surface area contributed by atoms with Crippen LogP contribution >= 0.6 is 0 Å². The smallest absolute Gasteiger partial charge is 0.320 e. The van der Waals surface area contributed by atoms with Gasteiger partial charge in [-0.15, -0.1) is 0 Å². The van der Waals surface area contributed by atoms with Gasteiger partial charge in [0.15, 0.2) is 0 Å². The van der Waals surface area contributed by atoms with Crippen LogP contribution in [0, 0.1) is 5.92 Å². The third-order valence-corrected chi connectivity index (χ3v) is 6.14. The van der Waals surface area contributed by atoms with Crippen molar-refractivity contribution in [3.05, 3.63) is 42.7 Å². The van der Waals surface area contributed by atoms with Crippen molar-refractivity contribution >= 4 is 29.2 Å². The maximum atomic E-state index is 12.9. The van der Waals surface area contributed by atoms with Crippen molar-refractivity contribution < 1.29 is 14.4 Å². The van der Waals surface area contributed by atoms with Crippen LogP contribution < -0.4 is 10.6 Å². The van der Waals surface area contributed by atoms with E-state index >= 15 is 0 Å². The van der Waals surface area contributed by atoms with E-state index < -0.39 is 6.04 Å². The first kappa shape index (κ1) is 21.9. The number of carbonyl (C=O) groups excluding carboxylic acids is 3. The van der Waals surface area contributed by atoms with E-state index in [0.29, 0.717) is 24.5 Å². The van der Waals surface area contributed by atoms with Gasteiger partial charge in [0, 0.05) is 49.9 Å². The normalized spacial score (nSPS) is 19.5. The Morgan fingerprint density at radius 1 is 1.00 bits per heavy atom. The van der Waals surface area contributed by atoms with Crippen LogP contribution in [0.1, 0.15) is 38.6 Å². The molecule has 1 aromatic heterocycles. The second-order valence-electron chi connectivity index (χ2n) is 8.48. The fraction of sp³-hybridized carbons (Fsp3) is 0.478. The lowest BCUT2D eigenvalue weighted by molar-refractivity contribution is -0.121. The molecule has 2 aliphatic heterocycles. The highest BCUT2D eigenvalue weighted by molar-refractivity contribution is 5.96. The number of likely N-dealkylation sites (tertiary alicyclic amines) is 2. The molecule has 2 unspecified atom stereocenters. The third-order valence-electron chi connectivity index (χ3n) is 6.14. The molecule has 0 saturated carbocycles. The molecule has 3 heterocycles. The van der Waals surface area contributed by atoms with Gasteiger partial charge in [0.1, 0.15) is 6.04 Å². The molecule has 0 spiro atoms. The number of nitrogens with zero attached hydrogens (tertiary/aromatic N) is 4. The summed E-state index contributed by atoms with van der Waals surface area (Å²) in [7, 11) is 0. The molecule has 0 aliphatic carbocycles. The topological polar surface area (TPSA) is 99.6 Å². The van der Waals surface area contributed by atoms with Gasteiger partial charge in [-0.3, -0.25) is 14.3 Å². The van der Waals surface area contributed by atoms with E-state index in [9.17, 15) is 14.4 Å². The molecule has 32 heavy (non-hydrogen) atoms. The highest BCUT2D eigenvalue weighted by Gasteiger charge is 2.31. The highest BCUT2D eigenvalue weighted by atomic mass is 16.2. The molecule has 0 bridgehead atoms. The predicted octanol–water partition coefficient (Wildman–Crippen LogP) is 2.95. The number of carbonyl (C=O) groups is 3. The Hall–Kier alpha value is -3.36. The summed E-state index contributed by atoms with van der Waals surface area (Å²) in [4.78, 5) is 41.8. The Balaban J connectivity index is 1.34. The van der Waals surface area contributed by atoms with Gasteiger partial charge < -0.3 is 20.4 Å². The largest absolute Gasteiger partial charge is 0.326 e. The number of aromatic nitrogens is 2. The zero-order chi connectivity index (χ0) is 22.5. The van der Waals surface area contributed by atoms with Crippen LogP contribution in [0.3, 0.4) is 0 Å². The summed E-state index contributed by atoms with van der Waals surface area (Å²) in [6, 6.07) is 8.46. The molecule has 2 N–H and O–H groups in total. The molecule has 170 valence electrons. The maximum Gasteiger partial charge on any atom is 0.320 e. The Kier molecular flexibility index (Phi) is 6.72. The number of anilines is 2. The van der Waals surface area contributed by atoms with Crippen molar-refractivity contribution in [3.63, 3.8) is 0 Å². The number of nitrogens with one attached hydrogen (secondary N) is 2. The van der Waals surface area contributed by atoms with E-state index in [-0.39, 0.29) is 23.8 Å². The van der Waals surface area contributed by atoms with Crippen molar-refractivity contribution in [1.82, 2.24) is 19.6 Å². The average Bonchev–Trinajstić information content (AvgIpc) is 3.53. The number of urea groups is 1. The summed E-state index contributed by atoms with van der Waals surface area (Å²) in [5, 5.41) is 9.92. The van der Waals surface area contributed by atoms with E-state index in [2.05, 4.69) is 15.7 Å². The average molecular weight is 439 g/mol. The number of benzene rings is 1. The summed E-state index contributed by atoms with van der Waals surface area (Å²) in [5.41, 5.74) is 1.21. The van der Waals surface area contributed by atoms with Crippen LogP contribution in [0.5, 0.6) is 0 Å². The molecule has 2 saturated heterocycles. The van der Waals surface area contributed by atoms with E-state index in [1.807, 2.05) is 9.80 Å². The van der Waals surface area contributed by atoms with Crippen molar-refractivity contribution in [2.75, 3.05) is 36.8 Å². The summed E-state index contributed by atoms with van der Waals surface area (Å²) in [6.07, 6.45) is 7.05. The van der Waals surface area contributed by atoms with Gasteiger partial charge >= 0.3 is 6.03 Å². The monoisotopic (exact) mass is 438 g/mol. The number of rotatable bonds is 5. The summed E-state index contributed by atoms with van der Waals surface area (Å²) < 4.78 is 1.58. The van der Waals surface area contributed by atoms with Crippen LogP contribution in [0.2, 0.25) is 0 Å². The molecule has 0 radical (unpaired) electrons. The quantitative estimate of drug-likeness (QED) is 0.750. The first-order chi connectivity index (χ1) is 15.5. The summed E-state index contributed by atoms with van der Waals surface area (Å²) in [5.74, 6) is -0.536. The molecule has 1 aromatic carbocycles. The van der Waals surface area contributed by atoms with Crippen molar-refractivity contribution in [2.24, 2.45) is 5.92 Å². The molecule has 2 atom stereocenters. The van der Waals surface area contributed by atoms with E-state index in [0.717, 1.165) is 38.8 Å². The standard InChI is InChI=1S/C23H30N6O3/c1-17(29-14-6-10-24-29)21(30)25-19-8-4-9-20(15-19)26-22(31)18-7-5-13-28(16-18)23(32)27-11-2-3-12-27/h4,6,8-10,14-15,17-18H,2-3,5,7,11-13,16H2,1H3,(H,25,30)(H,26,31). The molecule has 2 fully saturated rings. The molecule has 9 heteroatoms. The first-order valence-electron chi connectivity index (χ1n) is 11.3. The van der Waals surface area contributed by atoms with Crippen LogP contribution in [0.4, 0.5) is 16.2 Å². The van der Waals surface area contributed by atoms with Gasteiger partial charge in [0.05, 0.1) is 5.92 Å².